The van der Waals surface area contributed by atoms with E-state index in [9.17, 15) is 9.59 Å². The van der Waals surface area contributed by atoms with Crippen molar-refractivity contribution in [1.82, 2.24) is 10.6 Å². The third-order valence-electron chi connectivity index (χ3n) is 4.46. The summed E-state index contributed by atoms with van der Waals surface area (Å²) < 4.78 is 5.40. The van der Waals surface area contributed by atoms with Gasteiger partial charge < -0.3 is 15.4 Å². The van der Waals surface area contributed by atoms with Crippen molar-refractivity contribution in [3.8, 4) is 0 Å². The number of carbonyl (C=O) groups is 2. The van der Waals surface area contributed by atoms with E-state index in [0.717, 1.165) is 31.2 Å². The summed E-state index contributed by atoms with van der Waals surface area (Å²) >= 11 is 0. The summed E-state index contributed by atoms with van der Waals surface area (Å²) in [6.07, 6.45) is 6.13. The van der Waals surface area contributed by atoms with Crippen molar-refractivity contribution in [3.05, 3.63) is 35.9 Å². The monoisotopic (exact) mass is 346 g/mol. The van der Waals surface area contributed by atoms with Crippen LogP contribution in [0.15, 0.2) is 30.3 Å². The van der Waals surface area contributed by atoms with Gasteiger partial charge >= 0.3 is 12.0 Å². The molecule has 138 valence electrons. The number of urea groups is 1. The molecule has 25 heavy (non-hydrogen) atoms. The topological polar surface area (TPSA) is 67.4 Å². The van der Waals surface area contributed by atoms with E-state index in [-0.39, 0.29) is 30.6 Å². The van der Waals surface area contributed by atoms with E-state index < -0.39 is 6.04 Å². The number of amides is 2. The van der Waals surface area contributed by atoms with E-state index >= 15 is 0 Å². The molecule has 2 amide bonds. The van der Waals surface area contributed by atoms with E-state index in [1.807, 2.05) is 44.2 Å². The van der Waals surface area contributed by atoms with Crippen LogP contribution in [-0.2, 0) is 16.1 Å². The van der Waals surface area contributed by atoms with Crippen molar-refractivity contribution in [2.75, 3.05) is 0 Å². The number of hydrogen-bond acceptors (Lipinski definition) is 3. The van der Waals surface area contributed by atoms with Crippen LogP contribution in [0.4, 0.5) is 4.79 Å². The summed E-state index contributed by atoms with van der Waals surface area (Å²) in [5.74, 6) is -0.0967. The number of rotatable bonds is 7. The van der Waals surface area contributed by atoms with Crippen LogP contribution in [0.25, 0.3) is 0 Å². The smallest absolute Gasteiger partial charge is 0.329 e. The zero-order valence-electron chi connectivity index (χ0n) is 15.3. The van der Waals surface area contributed by atoms with Gasteiger partial charge in [0, 0.05) is 6.04 Å². The van der Waals surface area contributed by atoms with Crippen LogP contribution in [0.5, 0.6) is 0 Å². The maximum atomic E-state index is 12.4. The molecule has 2 rings (SSSR count). The number of nitrogens with one attached hydrogen (secondary N) is 2. The Bertz CT molecular complexity index is 539. The summed E-state index contributed by atoms with van der Waals surface area (Å²) in [5.41, 5.74) is 0.936. The Morgan fingerprint density at radius 3 is 2.44 bits per heavy atom. The maximum Gasteiger partial charge on any atom is 0.329 e. The fraction of sp³-hybridized carbons (Fsp3) is 0.600. The summed E-state index contributed by atoms with van der Waals surface area (Å²) in [6.45, 7) is 4.27. The Kier molecular flexibility index (Phi) is 7.76. The number of benzene rings is 1. The molecule has 5 heteroatoms. The van der Waals surface area contributed by atoms with Gasteiger partial charge in [0.1, 0.15) is 12.6 Å². The first-order valence-electron chi connectivity index (χ1n) is 9.32. The molecule has 0 saturated heterocycles. The van der Waals surface area contributed by atoms with Crippen molar-refractivity contribution in [2.24, 2.45) is 5.92 Å². The maximum absolute atomic E-state index is 12.4. The minimum absolute atomic E-state index is 0.216. The number of ether oxygens (including phenoxy) is 1. The lowest BCUT2D eigenvalue weighted by Gasteiger charge is -2.25. The first-order chi connectivity index (χ1) is 12.0. The largest absolute Gasteiger partial charge is 0.459 e. The highest BCUT2D eigenvalue weighted by atomic mass is 16.5. The quantitative estimate of drug-likeness (QED) is 0.738. The molecular weight excluding hydrogens is 316 g/mol. The molecule has 5 nitrogen and oxygen atoms in total. The molecular formula is C20H30N2O3. The third kappa shape index (κ3) is 7.16. The van der Waals surface area contributed by atoms with Gasteiger partial charge in [-0.05, 0) is 30.7 Å². The number of hydrogen-bond donors (Lipinski definition) is 2. The molecule has 0 heterocycles. The van der Waals surface area contributed by atoms with Gasteiger partial charge in [-0.3, -0.25) is 0 Å². The molecule has 2 N–H and O–H groups in total. The third-order valence-corrected chi connectivity index (χ3v) is 4.46. The van der Waals surface area contributed by atoms with E-state index in [2.05, 4.69) is 10.6 Å². The van der Waals surface area contributed by atoms with Crippen molar-refractivity contribution in [2.45, 2.75) is 71.1 Å². The fourth-order valence-corrected chi connectivity index (χ4v) is 3.15. The van der Waals surface area contributed by atoms with Crippen molar-refractivity contribution in [3.63, 3.8) is 0 Å². The van der Waals surface area contributed by atoms with Gasteiger partial charge in [-0.2, -0.15) is 0 Å². The zero-order valence-corrected chi connectivity index (χ0v) is 15.3. The normalized spacial score (nSPS) is 16.3. The Morgan fingerprint density at radius 1 is 1.12 bits per heavy atom. The zero-order chi connectivity index (χ0) is 18.1. The lowest BCUT2D eigenvalue weighted by molar-refractivity contribution is -0.147. The highest BCUT2D eigenvalue weighted by Crippen LogP contribution is 2.17. The average Bonchev–Trinajstić information content (AvgIpc) is 2.60. The van der Waals surface area contributed by atoms with Crippen molar-refractivity contribution >= 4 is 12.0 Å². The molecule has 0 aromatic heterocycles. The number of carbonyl (C=O) groups excluding carboxylic acids is 2. The molecule has 0 aliphatic heterocycles. The highest BCUT2D eigenvalue weighted by Gasteiger charge is 2.25. The molecule has 1 aliphatic rings. The summed E-state index contributed by atoms with van der Waals surface area (Å²) in [4.78, 5) is 24.7. The van der Waals surface area contributed by atoms with Crippen LogP contribution in [0, 0.1) is 5.92 Å². The van der Waals surface area contributed by atoms with Gasteiger partial charge in [0.2, 0.25) is 0 Å². The predicted molar refractivity (Wildman–Crippen MR) is 98.0 cm³/mol. The number of esters is 1. The first-order valence-corrected chi connectivity index (χ1v) is 9.32. The van der Waals surface area contributed by atoms with Crippen LogP contribution in [0.3, 0.4) is 0 Å². The second-order valence-electron chi connectivity index (χ2n) is 7.23. The second-order valence-corrected chi connectivity index (χ2v) is 7.23. The molecule has 1 fully saturated rings. The van der Waals surface area contributed by atoms with E-state index in [4.69, 9.17) is 4.74 Å². The molecule has 0 radical (unpaired) electrons. The van der Waals surface area contributed by atoms with Gasteiger partial charge in [0.25, 0.3) is 0 Å². The van der Waals surface area contributed by atoms with Crippen molar-refractivity contribution in [1.29, 1.82) is 0 Å². The summed E-state index contributed by atoms with van der Waals surface area (Å²) in [5, 5.41) is 5.80. The van der Waals surface area contributed by atoms with E-state index in [1.54, 1.807) is 0 Å². The van der Waals surface area contributed by atoms with E-state index in [1.165, 1.54) is 6.42 Å². The molecule has 1 aromatic carbocycles. The Balaban J connectivity index is 1.85. The lowest BCUT2D eigenvalue weighted by Crippen LogP contribution is -2.50. The summed E-state index contributed by atoms with van der Waals surface area (Å²) in [6, 6.07) is 8.89. The minimum atomic E-state index is -0.618. The van der Waals surface area contributed by atoms with Gasteiger partial charge in [-0.25, -0.2) is 9.59 Å². The van der Waals surface area contributed by atoms with Gasteiger partial charge in [0.15, 0.2) is 0 Å². The molecule has 0 unspecified atom stereocenters. The fourth-order valence-electron chi connectivity index (χ4n) is 3.15. The predicted octanol–water partition coefficient (Wildman–Crippen LogP) is 3.78. The molecule has 0 bridgehead atoms. The summed E-state index contributed by atoms with van der Waals surface area (Å²) in [7, 11) is 0. The molecule has 1 saturated carbocycles. The molecule has 1 aliphatic carbocycles. The van der Waals surface area contributed by atoms with Gasteiger partial charge in [-0.1, -0.05) is 63.4 Å². The van der Waals surface area contributed by atoms with E-state index in [0.29, 0.717) is 6.42 Å². The van der Waals surface area contributed by atoms with Crippen LogP contribution in [0.2, 0.25) is 0 Å². The SMILES string of the molecule is CC(C)C[C@H](NC(=O)NC1CCCCC1)C(=O)OCc1ccccc1. The Hall–Kier alpha value is -2.04. The lowest BCUT2D eigenvalue weighted by atomic mass is 9.96. The van der Waals surface area contributed by atoms with Crippen LogP contribution < -0.4 is 10.6 Å². The minimum Gasteiger partial charge on any atom is -0.459 e. The van der Waals surface area contributed by atoms with Gasteiger partial charge in [-0.15, -0.1) is 0 Å². The average molecular weight is 346 g/mol. The second kappa shape index (κ2) is 10.1. The van der Waals surface area contributed by atoms with Gasteiger partial charge in [0.05, 0.1) is 0 Å². The van der Waals surface area contributed by atoms with Crippen LogP contribution >= 0.6 is 0 Å². The Morgan fingerprint density at radius 2 is 1.80 bits per heavy atom. The molecule has 0 spiro atoms. The highest BCUT2D eigenvalue weighted by molar-refractivity contribution is 5.83. The molecule has 1 aromatic rings. The molecule has 1 atom stereocenters. The standard InChI is InChI=1S/C20H30N2O3/c1-15(2)13-18(19(23)25-14-16-9-5-3-6-10-16)22-20(24)21-17-11-7-4-8-12-17/h3,5-6,9-10,15,17-18H,4,7-8,11-14H2,1-2H3,(H2,21,22,24)/t18-/m0/s1. The van der Waals surface area contributed by atoms with Crippen LogP contribution in [-0.4, -0.2) is 24.1 Å². The van der Waals surface area contributed by atoms with Crippen molar-refractivity contribution < 1.29 is 14.3 Å². The Labute approximate surface area is 150 Å². The first kappa shape index (κ1) is 19.3. The van der Waals surface area contributed by atoms with Crippen LogP contribution in [0.1, 0.15) is 57.9 Å².